The monoisotopic (exact) mass is 408 g/mol. The maximum absolute atomic E-state index is 12.6. The Morgan fingerprint density at radius 3 is 2.21 bits per heavy atom. The van der Waals surface area contributed by atoms with Crippen LogP contribution in [0.3, 0.4) is 0 Å². The molecule has 0 amide bonds. The first-order chi connectivity index (χ1) is 13.3. The molecule has 1 aliphatic rings. The molecule has 28 heavy (non-hydrogen) atoms. The number of allylic oxidation sites excluding steroid dienone is 1. The molecular formula is C21H28O6S. The van der Waals surface area contributed by atoms with Gasteiger partial charge in [0, 0.05) is 4.91 Å². The molecule has 0 radical (unpaired) electrons. The van der Waals surface area contributed by atoms with Crippen molar-refractivity contribution < 1.29 is 27.5 Å². The zero-order chi connectivity index (χ0) is 20.8. The van der Waals surface area contributed by atoms with Crippen LogP contribution in [-0.4, -0.2) is 33.6 Å². The van der Waals surface area contributed by atoms with Crippen molar-refractivity contribution in [2.75, 3.05) is 13.2 Å². The number of carbonyl (C=O) groups excluding carboxylic acids is 2. The van der Waals surface area contributed by atoms with Crippen molar-refractivity contribution in [3.63, 3.8) is 0 Å². The number of benzene rings is 1. The summed E-state index contributed by atoms with van der Waals surface area (Å²) in [5, 5.41) is 0. The van der Waals surface area contributed by atoms with E-state index < -0.39 is 27.2 Å². The van der Waals surface area contributed by atoms with Crippen LogP contribution in [0.2, 0.25) is 0 Å². The molecule has 154 valence electrons. The summed E-state index contributed by atoms with van der Waals surface area (Å²) in [6, 6.07) is 8.18. The lowest BCUT2D eigenvalue weighted by Crippen LogP contribution is -2.40. The predicted octanol–water partition coefficient (Wildman–Crippen LogP) is 3.67. The van der Waals surface area contributed by atoms with E-state index in [9.17, 15) is 18.0 Å². The number of carbonyl (C=O) groups is 2. The van der Waals surface area contributed by atoms with E-state index in [0.717, 1.165) is 0 Å². The second kappa shape index (κ2) is 9.37. The van der Waals surface area contributed by atoms with Crippen LogP contribution in [0.25, 0.3) is 0 Å². The largest absolute Gasteiger partial charge is 0.465 e. The normalized spacial score (nSPS) is 18.4. The highest BCUT2D eigenvalue weighted by molar-refractivity contribution is 7.95. The third-order valence-corrected chi connectivity index (χ3v) is 7.07. The number of sulfone groups is 1. The number of rotatable bonds is 9. The van der Waals surface area contributed by atoms with E-state index in [2.05, 4.69) is 6.58 Å². The zero-order valence-corrected chi connectivity index (χ0v) is 17.3. The molecule has 1 fully saturated rings. The topological polar surface area (TPSA) is 86.7 Å². The summed E-state index contributed by atoms with van der Waals surface area (Å²) in [7, 11) is -3.59. The number of esters is 2. The summed E-state index contributed by atoms with van der Waals surface area (Å²) in [4.78, 5) is 25.3. The highest BCUT2D eigenvalue weighted by Crippen LogP contribution is 2.46. The Morgan fingerprint density at radius 1 is 1.11 bits per heavy atom. The fraction of sp³-hybridized carbons (Fsp3) is 0.524. The molecule has 1 unspecified atom stereocenters. The third kappa shape index (κ3) is 4.63. The van der Waals surface area contributed by atoms with Crippen molar-refractivity contribution in [3.05, 3.63) is 41.8 Å². The van der Waals surface area contributed by atoms with Crippen molar-refractivity contribution in [2.24, 2.45) is 11.3 Å². The van der Waals surface area contributed by atoms with Crippen LogP contribution in [0.15, 0.2) is 46.7 Å². The Labute approximate surface area is 166 Å². The second-order valence-electron chi connectivity index (χ2n) is 7.03. The first-order valence-corrected chi connectivity index (χ1v) is 11.1. The molecule has 1 aromatic carbocycles. The predicted molar refractivity (Wildman–Crippen MR) is 105 cm³/mol. The van der Waals surface area contributed by atoms with Gasteiger partial charge in [0.25, 0.3) is 0 Å². The summed E-state index contributed by atoms with van der Waals surface area (Å²) in [6.07, 6.45) is 2.11. The molecule has 0 spiro atoms. The van der Waals surface area contributed by atoms with E-state index in [1.54, 1.807) is 44.2 Å². The van der Waals surface area contributed by atoms with Gasteiger partial charge in [0.1, 0.15) is 0 Å². The van der Waals surface area contributed by atoms with E-state index in [4.69, 9.17) is 9.47 Å². The van der Waals surface area contributed by atoms with Crippen LogP contribution in [-0.2, 0) is 28.9 Å². The van der Waals surface area contributed by atoms with Gasteiger partial charge >= 0.3 is 11.9 Å². The average Bonchev–Trinajstić information content (AvgIpc) is 3.13. The molecule has 2 rings (SSSR count). The summed E-state index contributed by atoms with van der Waals surface area (Å²) in [5.74, 6) is -1.07. The fourth-order valence-electron chi connectivity index (χ4n) is 3.65. The molecule has 0 N–H and O–H groups in total. The second-order valence-corrected chi connectivity index (χ2v) is 9.08. The summed E-state index contributed by atoms with van der Waals surface area (Å²) in [5.41, 5.74) is -1.28. The van der Waals surface area contributed by atoms with Crippen molar-refractivity contribution in [1.29, 1.82) is 0 Å². The molecule has 0 bridgehead atoms. The number of hydrogen-bond donors (Lipinski definition) is 0. The van der Waals surface area contributed by atoms with E-state index >= 15 is 0 Å². The molecule has 1 aliphatic carbocycles. The van der Waals surface area contributed by atoms with Crippen LogP contribution in [0.1, 0.15) is 46.0 Å². The molecular weight excluding hydrogens is 380 g/mol. The molecule has 0 saturated heterocycles. The molecule has 1 aromatic rings. The van der Waals surface area contributed by atoms with Crippen LogP contribution in [0, 0.1) is 11.3 Å². The SMILES string of the molecule is C=C(CCC1CCC(C(=O)OCC)(C(=O)OCC)C1)S(=O)(=O)c1ccccc1. The van der Waals surface area contributed by atoms with Gasteiger partial charge in [-0.15, -0.1) is 0 Å². The maximum Gasteiger partial charge on any atom is 0.323 e. The van der Waals surface area contributed by atoms with Crippen molar-refractivity contribution >= 4 is 21.8 Å². The van der Waals surface area contributed by atoms with Crippen molar-refractivity contribution in [3.8, 4) is 0 Å². The molecule has 1 atom stereocenters. The minimum absolute atomic E-state index is 0.0246. The fourth-order valence-corrected chi connectivity index (χ4v) is 4.89. The lowest BCUT2D eigenvalue weighted by molar-refractivity contribution is -0.171. The molecule has 6 nitrogen and oxygen atoms in total. The van der Waals surface area contributed by atoms with Crippen LogP contribution in [0.4, 0.5) is 0 Å². The van der Waals surface area contributed by atoms with E-state index in [1.807, 2.05) is 0 Å². The smallest absolute Gasteiger partial charge is 0.323 e. The Balaban J connectivity index is 2.05. The lowest BCUT2D eigenvalue weighted by atomic mass is 9.84. The van der Waals surface area contributed by atoms with Gasteiger partial charge in [-0.1, -0.05) is 24.8 Å². The molecule has 7 heteroatoms. The maximum atomic E-state index is 12.6. The van der Waals surface area contributed by atoms with Gasteiger partial charge in [-0.2, -0.15) is 0 Å². The standard InChI is InChI=1S/C21H28O6S/c1-4-26-19(22)21(20(23)27-5-2)14-13-17(15-21)12-11-16(3)28(24,25)18-9-7-6-8-10-18/h6-10,17H,3-5,11-15H2,1-2H3. The summed E-state index contributed by atoms with van der Waals surface area (Å²) >= 11 is 0. The van der Waals surface area contributed by atoms with Gasteiger partial charge in [0.15, 0.2) is 5.41 Å². The minimum atomic E-state index is -3.59. The van der Waals surface area contributed by atoms with Gasteiger partial charge in [-0.25, -0.2) is 8.42 Å². The van der Waals surface area contributed by atoms with Gasteiger partial charge in [-0.05, 0) is 64.0 Å². The molecule has 1 saturated carbocycles. The van der Waals surface area contributed by atoms with E-state index in [0.29, 0.717) is 25.7 Å². The molecule has 0 heterocycles. The molecule has 0 aromatic heterocycles. The highest BCUT2D eigenvalue weighted by Gasteiger charge is 2.53. The van der Waals surface area contributed by atoms with Gasteiger partial charge in [0.2, 0.25) is 9.84 Å². The summed E-state index contributed by atoms with van der Waals surface area (Å²) < 4.78 is 35.5. The Bertz CT molecular complexity index is 795. The van der Waals surface area contributed by atoms with Crippen LogP contribution >= 0.6 is 0 Å². The van der Waals surface area contributed by atoms with E-state index in [1.165, 1.54) is 0 Å². The lowest BCUT2D eigenvalue weighted by Gasteiger charge is -2.24. The number of hydrogen-bond acceptors (Lipinski definition) is 6. The first kappa shape index (κ1) is 22.1. The van der Waals surface area contributed by atoms with Crippen molar-refractivity contribution in [1.82, 2.24) is 0 Å². The summed E-state index contributed by atoms with van der Waals surface area (Å²) in [6.45, 7) is 7.53. The quantitative estimate of drug-likeness (QED) is 0.458. The van der Waals surface area contributed by atoms with Crippen LogP contribution in [0.5, 0.6) is 0 Å². The average molecular weight is 409 g/mol. The molecule has 0 aliphatic heterocycles. The highest BCUT2D eigenvalue weighted by atomic mass is 32.2. The Hall–Kier alpha value is -2.15. The van der Waals surface area contributed by atoms with Crippen molar-refractivity contribution in [2.45, 2.75) is 50.8 Å². The number of ether oxygens (including phenoxy) is 2. The van der Waals surface area contributed by atoms with Crippen LogP contribution < -0.4 is 0 Å². The first-order valence-electron chi connectivity index (χ1n) is 9.60. The minimum Gasteiger partial charge on any atom is -0.465 e. The third-order valence-electron chi connectivity index (χ3n) is 5.21. The van der Waals surface area contributed by atoms with E-state index in [-0.39, 0.29) is 35.4 Å². The Morgan fingerprint density at radius 2 is 1.68 bits per heavy atom. The zero-order valence-electron chi connectivity index (χ0n) is 16.5. The van der Waals surface area contributed by atoms with Gasteiger partial charge in [-0.3, -0.25) is 9.59 Å². The van der Waals surface area contributed by atoms with Gasteiger partial charge in [0.05, 0.1) is 18.1 Å². The van der Waals surface area contributed by atoms with Gasteiger partial charge < -0.3 is 9.47 Å². The Kier molecular flexibility index (Phi) is 7.41.